The minimum atomic E-state index is -4.67. The third-order valence-electron chi connectivity index (χ3n) is 2.17. The van der Waals surface area contributed by atoms with Crippen LogP contribution in [0.5, 0.6) is 0 Å². The molecule has 0 bridgehead atoms. The van der Waals surface area contributed by atoms with E-state index >= 15 is 0 Å². The first kappa shape index (κ1) is 14.7. The molecule has 0 fully saturated rings. The first-order valence-corrected chi connectivity index (χ1v) is 6.51. The third kappa shape index (κ3) is 3.33. The molecule has 0 radical (unpaired) electrons. The summed E-state index contributed by atoms with van der Waals surface area (Å²) in [7, 11) is -4.67. The number of hydrogen-bond donors (Lipinski definition) is 3. The van der Waals surface area contributed by atoms with E-state index in [1.54, 1.807) is 0 Å². The molecule has 1 amide bonds. The van der Waals surface area contributed by atoms with Gasteiger partial charge in [0.15, 0.2) is 0 Å². The largest absolute Gasteiger partial charge is 0.360 e. The molecule has 1 atom stereocenters. The summed E-state index contributed by atoms with van der Waals surface area (Å²) in [4.78, 5) is 11.2. The Labute approximate surface area is 109 Å². The Morgan fingerprint density at radius 1 is 1.39 bits per heavy atom. The van der Waals surface area contributed by atoms with Gasteiger partial charge in [-0.3, -0.25) is 14.6 Å². The summed E-state index contributed by atoms with van der Waals surface area (Å²) >= 11 is 5.65. The van der Waals surface area contributed by atoms with Crippen LogP contribution >= 0.6 is 11.6 Å². The number of halogens is 1. The topological polar surface area (TPSA) is 107 Å². The molecule has 1 aromatic rings. The van der Waals surface area contributed by atoms with E-state index in [-0.39, 0.29) is 5.69 Å². The number of carbonyl (C=O) groups is 1. The molecule has 100 valence electrons. The first-order chi connectivity index (χ1) is 8.27. The lowest BCUT2D eigenvalue weighted by Gasteiger charge is -2.25. The van der Waals surface area contributed by atoms with E-state index in [2.05, 4.69) is 0 Å². The number of nitrogens with one attached hydrogen (secondary N) is 1. The highest BCUT2D eigenvalue weighted by molar-refractivity contribution is 7.87. The molecule has 0 saturated heterocycles. The van der Waals surface area contributed by atoms with E-state index in [1.165, 1.54) is 36.7 Å². The fourth-order valence-electron chi connectivity index (χ4n) is 1.34. The maximum atomic E-state index is 11.3. The fraction of sp³-hybridized carbons (Fsp3) is 0.222. The van der Waals surface area contributed by atoms with Crippen molar-refractivity contribution in [1.29, 1.82) is 0 Å². The van der Waals surface area contributed by atoms with Crippen molar-refractivity contribution >= 4 is 33.5 Å². The number of anilines is 1. The van der Waals surface area contributed by atoms with Gasteiger partial charge in [-0.05, 0) is 31.2 Å². The van der Waals surface area contributed by atoms with Crippen molar-refractivity contribution in [1.82, 2.24) is 5.48 Å². The van der Waals surface area contributed by atoms with E-state index in [0.717, 1.165) is 0 Å². The molecule has 0 aliphatic rings. The lowest BCUT2D eigenvalue weighted by molar-refractivity contribution is -0.130. The highest BCUT2D eigenvalue weighted by Gasteiger charge is 2.30. The van der Waals surface area contributed by atoms with Crippen molar-refractivity contribution < 1.29 is 23.0 Å². The van der Waals surface area contributed by atoms with Gasteiger partial charge in [0.05, 0.1) is 5.69 Å². The average molecular weight is 295 g/mol. The lowest BCUT2D eigenvalue weighted by atomic mass is 10.2. The molecular weight excluding hydrogens is 284 g/mol. The van der Waals surface area contributed by atoms with Gasteiger partial charge in [-0.2, -0.15) is 8.42 Å². The Kier molecular flexibility index (Phi) is 4.52. The van der Waals surface area contributed by atoms with Gasteiger partial charge in [-0.15, -0.1) is 0 Å². The predicted molar refractivity (Wildman–Crippen MR) is 64.9 cm³/mol. The molecule has 0 saturated carbocycles. The Morgan fingerprint density at radius 3 is 2.28 bits per heavy atom. The Hall–Kier alpha value is -1.35. The molecule has 0 heterocycles. The van der Waals surface area contributed by atoms with Gasteiger partial charge in [0.1, 0.15) is 6.04 Å². The fourth-order valence-corrected chi connectivity index (χ4v) is 2.35. The van der Waals surface area contributed by atoms with Crippen LogP contribution in [0.3, 0.4) is 0 Å². The van der Waals surface area contributed by atoms with E-state index in [1.807, 2.05) is 0 Å². The van der Waals surface area contributed by atoms with Crippen LogP contribution in [0.4, 0.5) is 5.69 Å². The van der Waals surface area contributed by atoms with E-state index in [9.17, 15) is 13.2 Å². The zero-order valence-corrected chi connectivity index (χ0v) is 10.8. The molecule has 0 aliphatic heterocycles. The minimum Gasteiger partial charge on any atom is -0.289 e. The molecule has 0 spiro atoms. The van der Waals surface area contributed by atoms with E-state index in [0.29, 0.717) is 9.33 Å². The quantitative estimate of drug-likeness (QED) is 0.433. The number of hydroxylamine groups is 1. The van der Waals surface area contributed by atoms with Crippen molar-refractivity contribution in [2.24, 2.45) is 0 Å². The van der Waals surface area contributed by atoms with Gasteiger partial charge in [0, 0.05) is 5.02 Å². The molecule has 1 rings (SSSR count). The number of carbonyl (C=O) groups excluding carboxylic acids is 1. The second kappa shape index (κ2) is 5.53. The second-order valence-corrected chi connectivity index (χ2v) is 5.13. The zero-order valence-electron chi connectivity index (χ0n) is 9.24. The van der Waals surface area contributed by atoms with Crippen molar-refractivity contribution in [3.05, 3.63) is 29.3 Å². The van der Waals surface area contributed by atoms with E-state index < -0.39 is 22.3 Å². The Balaban J connectivity index is 3.23. The summed E-state index contributed by atoms with van der Waals surface area (Å²) in [6.07, 6.45) is 0. The molecule has 1 unspecified atom stereocenters. The van der Waals surface area contributed by atoms with Crippen LogP contribution in [0.25, 0.3) is 0 Å². The van der Waals surface area contributed by atoms with Crippen molar-refractivity contribution in [2.75, 3.05) is 4.31 Å². The average Bonchev–Trinajstić information content (AvgIpc) is 2.29. The van der Waals surface area contributed by atoms with Gasteiger partial charge in [0.25, 0.3) is 5.91 Å². The van der Waals surface area contributed by atoms with Crippen LogP contribution in [0, 0.1) is 0 Å². The highest BCUT2D eigenvalue weighted by Crippen LogP contribution is 2.22. The van der Waals surface area contributed by atoms with Crippen LogP contribution in [-0.4, -0.2) is 30.1 Å². The van der Waals surface area contributed by atoms with E-state index in [4.69, 9.17) is 21.4 Å². The summed E-state index contributed by atoms with van der Waals surface area (Å²) in [5.41, 5.74) is 1.36. The summed E-state index contributed by atoms with van der Waals surface area (Å²) in [5.74, 6) is -0.984. The van der Waals surface area contributed by atoms with Gasteiger partial charge >= 0.3 is 10.3 Å². The summed E-state index contributed by atoms with van der Waals surface area (Å²) in [6, 6.07) is 4.11. The standard InChI is InChI=1S/C9H11ClN2O5S/c1-6(9(13)11-14)12(18(15,16)17)8-4-2-7(10)3-5-8/h2-6,14H,1H3,(H,11,13)(H,15,16,17). The lowest BCUT2D eigenvalue weighted by Crippen LogP contribution is -2.47. The third-order valence-corrected chi connectivity index (χ3v) is 3.45. The summed E-state index contributed by atoms with van der Waals surface area (Å²) < 4.78 is 32.1. The maximum absolute atomic E-state index is 11.3. The number of hydrogen-bond acceptors (Lipinski definition) is 4. The highest BCUT2D eigenvalue weighted by atomic mass is 35.5. The number of rotatable bonds is 4. The Morgan fingerprint density at radius 2 is 1.89 bits per heavy atom. The number of amides is 1. The minimum absolute atomic E-state index is 0.0398. The van der Waals surface area contributed by atoms with Gasteiger partial charge in [-0.25, -0.2) is 9.79 Å². The Bertz CT molecular complexity index is 530. The zero-order chi connectivity index (χ0) is 13.9. The molecular formula is C9H11ClN2O5S. The normalized spacial score (nSPS) is 12.9. The number of nitrogens with zero attached hydrogens (tertiary/aromatic N) is 1. The first-order valence-electron chi connectivity index (χ1n) is 4.73. The maximum Gasteiger partial charge on any atom is 0.360 e. The molecule has 3 N–H and O–H groups in total. The summed E-state index contributed by atoms with van der Waals surface area (Å²) in [5, 5.41) is 8.86. The second-order valence-electron chi connectivity index (χ2n) is 3.40. The van der Waals surface area contributed by atoms with Crippen LogP contribution in [0.2, 0.25) is 5.02 Å². The molecule has 0 aliphatic carbocycles. The molecule has 1 aromatic carbocycles. The van der Waals surface area contributed by atoms with Crippen LogP contribution in [0.1, 0.15) is 6.92 Å². The van der Waals surface area contributed by atoms with Gasteiger partial charge < -0.3 is 0 Å². The molecule has 18 heavy (non-hydrogen) atoms. The summed E-state index contributed by atoms with van der Waals surface area (Å²) in [6.45, 7) is 1.20. The van der Waals surface area contributed by atoms with Crippen molar-refractivity contribution in [2.45, 2.75) is 13.0 Å². The molecule has 7 nitrogen and oxygen atoms in total. The molecule has 9 heteroatoms. The van der Waals surface area contributed by atoms with Crippen LogP contribution in [-0.2, 0) is 15.1 Å². The monoisotopic (exact) mass is 294 g/mol. The van der Waals surface area contributed by atoms with Crippen LogP contribution in [0.15, 0.2) is 24.3 Å². The number of benzene rings is 1. The van der Waals surface area contributed by atoms with Gasteiger partial charge in [0.2, 0.25) is 0 Å². The van der Waals surface area contributed by atoms with Gasteiger partial charge in [-0.1, -0.05) is 11.6 Å². The van der Waals surface area contributed by atoms with Crippen LogP contribution < -0.4 is 9.79 Å². The SMILES string of the molecule is CC(C(=O)NO)N(c1ccc(Cl)cc1)S(=O)(=O)O. The smallest absolute Gasteiger partial charge is 0.289 e. The molecule has 0 aromatic heterocycles. The van der Waals surface area contributed by atoms with Crippen molar-refractivity contribution in [3.63, 3.8) is 0 Å². The van der Waals surface area contributed by atoms with Crippen molar-refractivity contribution in [3.8, 4) is 0 Å². The predicted octanol–water partition coefficient (Wildman–Crippen LogP) is 0.843.